The topological polar surface area (TPSA) is 28.1 Å². The summed E-state index contributed by atoms with van der Waals surface area (Å²) in [6.45, 7) is 0. The average molecular weight is 350 g/mol. The standard InChI is InChI=1S/C25H22N2/c1-3-9-18(10-4-1)22-16-24(19-11-5-2-6-12-19)27-25(22)15-20-17-26-23-14-8-7-13-21(20)23/h1-14,17,22,25-26H,15-16H2. The molecular weight excluding hydrogens is 328 g/mol. The number of fused-ring (bicyclic) bond motifs is 1. The molecule has 0 saturated heterocycles. The highest BCUT2D eigenvalue weighted by molar-refractivity contribution is 6.02. The summed E-state index contributed by atoms with van der Waals surface area (Å²) in [5.41, 5.74) is 6.43. The van der Waals surface area contributed by atoms with Crippen LogP contribution in [0.4, 0.5) is 0 Å². The normalized spacial score (nSPS) is 19.3. The van der Waals surface area contributed by atoms with Gasteiger partial charge in [-0.15, -0.1) is 0 Å². The third-order valence-electron chi connectivity index (χ3n) is 5.64. The summed E-state index contributed by atoms with van der Waals surface area (Å²) in [5, 5.41) is 1.31. The maximum absolute atomic E-state index is 5.20. The summed E-state index contributed by atoms with van der Waals surface area (Å²) >= 11 is 0. The molecular formula is C25H22N2. The van der Waals surface area contributed by atoms with Gasteiger partial charge in [0, 0.05) is 28.7 Å². The molecule has 2 nitrogen and oxygen atoms in total. The zero-order valence-corrected chi connectivity index (χ0v) is 15.2. The molecule has 27 heavy (non-hydrogen) atoms. The predicted octanol–water partition coefficient (Wildman–Crippen LogP) is 5.76. The number of nitrogens with zero attached hydrogens (tertiary/aromatic N) is 1. The maximum Gasteiger partial charge on any atom is 0.0616 e. The van der Waals surface area contributed by atoms with E-state index in [0.717, 1.165) is 12.8 Å². The van der Waals surface area contributed by atoms with Gasteiger partial charge < -0.3 is 4.98 Å². The largest absolute Gasteiger partial charge is 0.361 e. The molecule has 3 aromatic carbocycles. The van der Waals surface area contributed by atoms with Gasteiger partial charge in [-0.3, -0.25) is 4.99 Å². The lowest BCUT2D eigenvalue weighted by atomic mass is 9.86. The third-order valence-corrected chi connectivity index (χ3v) is 5.64. The summed E-state index contributed by atoms with van der Waals surface area (Å²) in [7, 11) is 0. The first kappa shape index (κ1) is 16.1. The van der Waals surface area contributed by atoms with Crippen LogP contribution in [0.2, 0.25) is 0 Å². The van der Waals surface area contributed by atoms with Gasteiger partial charge in [0.25, 0.3) is 0 Å². The molecule has 1 aliphatic rings. The van der Waals surface area contributed by atoms with Gasteiger partial charge >= 0.3 is 0 Å². The first-order valence-corrected chi connectivity index (χ1v) is 9.60. The van der Waals surface area contributed by atoms with E-state index in [1.165, 1.54) is 33.3 Å². The molecule has 2 heteroatoms. The number of aromatic nitrogens is 1. The Kier molecular flexibility index (Phi) is 4.10. The summed E-state index contributed by atoms with van der Waals surface area (Å²) in [6.07, 6.45) is 4.11. The van der Waals surface area contributed by atoms with Crippen LogP contribution in [0.5, 0.6) is 0 Å². The minimum Gasteiger partial charge on any atom is -0.361 e. The van der Waals surface area contributed by atoms with Crippen LogP contribution in [0.1, 0.15) is 29.0 Å². The minimum absolute atomic E-state index is 0.266. The second-order valence-corrected chi connectivity index (χ2v) is 7.29. The van der Waals surface area contributed by atoms with Crippen molar-refractivity contribution in [3.05, 3.63) is 108 Å². The van der Waals surface area contributed by atoms with Gasteiger partial charge in [0.1, 0.15) is 0 Å². The summed E-state index contributed by atoms with van der Waals surface area (Å²) in [4.78, 5) is 8.61. The number of hydrogen-bond acceptors (Lipinski definition) is 1. The minimum atomic E-state index is 0.266. The van der Waals surface area contributed by atoms with E-state index in [9.17, 15) is 0 Å². The van der Waals surface area contributed by atoms with Crippen molar-refractivity contribution in [2.75, 3.05) is 0 Å². The first-order chi connectivity index (χ1) is 13.4. The molecule has 0 aliphatic carbocycles. The predicted molar refractivity (Wildman–Crippen MR) is 113 cm³/mol. The number of hydrogen-bond donors (Lipinski definition) is 1. The molecule has 0 amide bonds. The Morgan fingerprint density at radius 1 is 0.815 bits per heavy atom. The lowest BCUT2D eigenvalue weighted by Gasteiger charge is -2.18. The highest BCUT2D eigenvalue weighted by Crippen LogP contribution is 2.36. The second kappa shape index (κ2) is 6.88. The van der Waals surface area contributed by atoms with Gasteiger partial charge in [-0.25, -0.2) is 0 Å². The second-order valence-electron chi connectivity index (χ2n) is 7.29. The molecule has 0 radical (unpaired) electrons. The van der Waals surface area contributed by atoms with Crippen LogP contribution in [0.25, 0.3) is 10.9 Å². The zero-order chi connectivity index (χ0) is 18.1. The van der Waals surface area contributed by atoms with Crippen molar-refractivity contribution in [2.24, 2.45) is 4.99 Å². The molecule has 1 aromatic heterocycles. The Labute approximate surface area is 159 Å². The summed E-state index contributed by atoms with van der Waals surface area (Å²) in [5.74, 6) is 0.426. The first-order valence-electron chi connectivity index (χ1n) is 9.60. The van der Waals surface area contributed by atoms with E-state index in [1.54, 1.807) is 0 Å². The number of aromatic amines is 1. The van der Waals surface area contributed by atoms with Crippen LogP contribution < -0.4 is 0 Å². The Balaban J connectivity index is 1.52. The van der Waals surface area contributed by atoms with Gasteiger partial charge in [0.05, 0.1) is 6.04 Å². The van der Waals surface area contributed by atoms with Gasteiger partial charge in [-0.2, -0.15) is 0 Å². The molecule has 2 heterocycles. The number of para-hydroxylation sites is 1. The van der Waals surface area contributed by atoms with Gasteiger partial charge in [-0.05, 0) is 35.6 Å². The number of nitrogens with one attached hydrogen (secondary N) is 1. The van der Waals surface area contributed by atoms with Crippen LogP contribution in [-0.4, -0.2) is 16.7 Å². The van der Waals surface area contributed by atoms with E-state index >= 15 is 0 Å². The monoisotopic (exact) mass is 350 g/mol. The van der Waals surface area contributed by atoms with Gasteiger partial charge in [0.15, 0.2) is 0 Å². The molecule has 0 saturated carbocycles. The number of aliphatic imine (C=N–C) groups is 1. The molecule has 132 valence electrons. The molecule has 4 aromatic rings. The molecule has 1 N–H and O–H groups in total. The van der Waals surface area contributed by atoms with E-state index < -0.39 is 0 Å². The highest BCUT2D eigenvalue weighted by atomic mass is 14.9. The van der Waals surface area contributed by atoms with Crippen molar-refractivity contribution in [2.45, 2.75) is 24.8 Å². The van der Waals surface area contributed by atoms with E-state index in [-0.39, 0.29) is 6.04 Å². The van der Waals surface area contributed by atoms with Crippen LogP contribution in [-0.2, 0) is 6.42 Å². The molecule has 2 unspecified atom stereocenters. The van der Waals surface area contributed by atoms with E-state index in [1.807, 2.05) is 0 Å². The molecule has 0 spiro atoms. The molecule has 0 fully saturated rings. The number of benzene rings is 3. The van der Waals surface area contributed by atoms with Crippen LogP contribution in [0, 0.1) is 0 Å². The molecule has 5 rings (SSSR count). The number of rotatable bonds is 4. The lowest BCUT2D eigenvalue weighted by Crippen LogP contribution is -2.15. The van der Waals surface area contributed by atoms with Crippen molar-refractivity contribution in [3.8, 4) is 0 Å². The maximum atomic E-state index is 5.20. The van der Waals surface area contributed by atoms with Crippen molar-refractivity contribution < 1.29 is 0 Å². The smallest absolute Gasteiger partial charge is 0.0616 e. The third kappa shape index (κ3) is 3.08. The number of H-pyrrole nitrogens is 1. The fraction of sp³-hybridized carbons (Fsp3) is 0.160. The fourth-order valence-electron chi connectivity index (χ4n) is 4.26. The fourth-order valence-corrected chi connectivity index (χ4v) is 4.26. The van der Waals surface area contributed by atoms with E-state index in [0.29, 0.717) is 5.92 Å². The molecule has 0 bridgehead atoms. The molecule has 1 aliphatic heterocycles. The van der Waals surface area contributed by atoms with Crippen LogP contribution in [0.3, 0.4) is 0 Å². The van der Waals surface area contributed by atoms with Crippen LogP contribution in [0.15, 0.2) is 96.1 Å². The zero-order valence-electron chi connectivity index (χ0n) is 15.2. The Morgan fingerprint density at radius 2 is 1.52 bits per heavy atom. The summed E-state index contributed by atoms with van der Waals surface area (Å²) in [6, 6.07) is 30.3. The Bertz CT molecular complexity index is 1080. The van der Waals surface area contributed by atoms with Crippen molar-refractivity contribution in [1.82, 2.24) is 4.98 Å². The van der Waals surface area contributed by atoms with Crippen molar-refractivity contribution >= 4 is 16.6 Å². The van der Waals surface area contributed by atoms with Crippen LogP contribution >= 0.6 is 0 Å². The molecule has 2 atom stereocenters. The Hall–Kier alpha value is -3.13. The summed E-state index contributed by atoms with van der Waals surface area (Å²) < 4.78 is 0. The quantitative estimate of drug-likeness (QED) is 0.485. The lowest BCUT2D eigenvalue weighted by molar-refractivity contribution is 0.581. The van der Waals surface area contributed by atoms with E-state index in [4.69, 9.17) is 4.99 Å². The van der Waals surface area contributed by atoms with Crippen molar-refractivity contribution in [3.63, 3.8) is 0 Å². The van der Waals surface area contributed by atoms with Gasteiger partial charge in [0.2, 0.25) is 0 Å². The SMILES string of the molecule is c1ccc(C2=NC(Cc3c[nH]c4ccccc34)C(c3ccccc3)C2)cc1. The van der Waals surface area contributed by atoms with Gasteiger partial charge in [-0.1, -0.05) is 78.9 Å². The average Bonchev–Trinajstić information content (AvgIpc) is 3.35. The van der Waals surface area contributed by atoms with Crippen molar-refractivity contribution in [1.29, 1.82) is 0 Å². The Morgan fingerprint density at radius 3 is 2.33 bits per heavy atom. The van der Waals surface area contributed by atoms with E-state index in [2.05, 4.69) is 96.1 Å². The highest BCUT2D eigenvalue weighted by Gasteiger charge is 2.31.